The number of aryl methyl sites for hydroxylation is 2. The van der Waals surface area contributed by atoms with E-state index in [0.29, 0.717) is 11.3 Å². The van der Waals surface area contributed by atoms with Gasteiger partial charge in [-0.25, -0.2) is 0 Å². The Morgan fingerprint density at radius 2 is 1.67 bits per heavy atom. The number of carbonyl (C=O) groups excluding carboxylic acids is 2. The van der Waals surface area contributed by atoms with Gasteiger partial charge in [-0.3, -0.25) is 19.8 Å². The van der Waals surface area contributed by atoms with Crippen molar-refractivity contribution in [2.24, 2.45) is 0 Å². The van der Waals surface area contributed by atoms with E-state index in [-0.39, 0.29) is 10.7 Å². The molecule has 0 bridgehead atoms. The highest BCUT2D eigenvalue weighted by atomic mass is 32.1. The standard InChI is InChI=1S/C26H22N4O2S/c1-4-18-5-9-22(10-6-18)30-25(32)23(24(31)28-26(30)33)14-20-13-16(2)29(17(20)3)21-11-7-19(15-27)8-12-21/h5-14H,4H2,1-3H3,(H,28,31,33)/b23-14+. The summed E-state index contributed by atoms with van der Waals surface area (Å²) in [6.07, 6.45) is 2.49. The summed E-state index contributed by atoms with van der Waals surface area (Å²) in [7, 11) is 0. The number of nitriles is 1. The van der Waals surface area contributed by atoms with Gasteiger partial charge in [0.25, 0.3) is 11.8 Å². The molecular formula is C26H22N4O2S. The highest BCUT2D eigenvalue weighted by Crippen LogP contribution is 2.26. The molecule has 1 aromatic heterocycles. The van der Waals surface area contributed by atoms with Crippen LogP contribution in [0.5, 0.6) is 0 Å². The van der Waals surface area contributed by atoms with Gasteiger partial charge in [0, 0.05) is 17.1 Å². The Morgan fingerprint density at radius 1 is 1.03 bits per heavy atom. The first-order valence-corrected chi connectivity index (χ1v) is 10.9. The molecule has 0 radical (unpaired) electrons. The molecule has 164 valence electrons. The van der Waals surface area contributed by atoms with Gasteiger partial charge < -0.3 is 4.57 Å². The molecule has 2 aromatic carbocycles. The fourth-order valence-electron chi connectivity index (χ4n) is 3.94. The molecule has 1 saturated heterocycles. The zero-order chi connectivity index (χ0) is 23.7. The number of aromatic nitrogens is 1. The van der Waals surface area contributed by atoms with Crippen molar-refractivity contribution in [3.63, 3.8) is 0 Å². The van der Waals surface area contributed by atoms with Crippen molar-refractivity contribution in [1.29, 1.82) is 5.26 Å². The van der Waals surface area contributed by atoms with Crippen LogP contribution in [0.1, 0.15) is 35.0 Å². The number of rotatable bonds is 4. The Hall–Kier alpha value is -4.02. The molecule has 1 aliphatic heterocycles. The Labute approximate surface area is 197 Å². The van der Waals surface area contributed by atoms with E-state index < -0.39 is 11.8 Å². The molecule has 1 aliphatic rings. The van der Waals surface area contributed by atoms with Crippen molar-refractivity contribution in [2.45, 2.75) is 27.2 Å². The van der Waals surface area contributed by atoms with Crippen LogP contribution in [0.25, 0.3) is 11.8 Å². The van der Waals surface area contributed by atoms with E-state index >= 15 is 0 Å². The molecule has 6 nitrogen and oxygen atoms in total. The predicted molar refractivity (Wildman–Crippen MR) is 132 cm³/mol. The van der Waals surface area contributed by atoms with E-state index in [1.807, 2.05) is 60.9 Å². The maximum absolute atomic E-state index is 13.3. The van der Waals surface area contributed by atoms with E-state index in [1.165, 1.54) is 4.90 Å². The van der Waals surface area contributed by atoms with Gasteiger partial charge in [0.15, 0.2) is 5.11 Å². The summed E-state index contributed by atoms with van der Waals surface area (Å²) in [5.41, 5.74) is 5.81. The SMILES string of the molecule is CCc1ccc(N2C(=O)/C(=C/c3cc(C)n(-c4ccc(C#N)cc4)c3C)C(=O)NC2=S)cc1. The number of hydrogen-bond donors (Lipinski definition) is 1. The van der Waals surface area contributed by atoms with E-state index in [4.69, 9.17) is 17.5 Å². The zero-order valence-corrected chi connectivity index (χ0v) is 19.4. The Bertz CT molecular complexity index is 1340. The lowest BCUT2D eigenvalue weighted by Gasteiger charge is -2.29. The lowest BCUT2D eigenvalue weighted by Crippen LogP contribution is -2.54. The number of benzene rings is 2. The molecule has 4 rings (SSSR count). The Kier molecular flexibility index (Phi) is 5.95. The average molecular weight is 455 g/mol. The number of hydrogen-bond acceptors (Lipinski definition) is 4. The van der Waals surface area contributed by atoms with Crippen LogP contribution in [0.3, 0.4) is 0 Å². The zero-order valence-electron chi connectivity index (χ0n) is 18.5. The molecule has 0 spiro atoms. The number of thiocarbonyl (C=S) groups is 1. The normalized spacial score (nSPS) is 15.0. The molecule has 7 heteroatoms. The van der Waals surface area contributed by atoms with Crippen molar-refractivity contribution < 1.29 is 9.59 Å². The molecule has 1 N–H and O–H groups in total. The Balaban J connectivity index is 1.73. The first-order valence-electron chi connectivity index (χ1n) is 10.5. The molecule has 3 aromatic rings. The second-order valence-electron chi connectivity index (χ2n) is 7.80. The van der Waals surface area contributed by atoms with E-state index in [9.17, 15) is 9.59 Å². The number of nitrogens with zero attached hydrogens (tertiary/aromatic N) is 3. The largest absolute Gasteiger partial charge is 0.318 e. The third-order valence-corrected chi connectivity index (χ3v) is 6.01. The first kappa shape index (κ1) is 22.2. The van der Waals surface area contributed by atoms with Crippen LogP contribution < -0.4 is 10.2 Å². The monoisotopic (exact) mass is 454 g/mol. The minimum Gasteiger partial charge on any atom is -0.318 e. The summed E-state index contributed by atoms with van der Waals surface area (Å²) >= 11 is 5.30. The smallest absolute Gasteiger partial charge is 0.270 e. The van der Waals surface area contributed by atoms with E-state index in [0.717, 1.165) is 34.6 Å². The fraction of sp³-hybridized carbons (Fsp3) is 0.154. The predicted octanol–water partition coefficient (Wildman–Crippen LogP) is 4.36. The number of anilines is 1. The summed E-state index contributed by atoms with van der Waals surface area (Å²) < 4.78 is 2.02. The summed E-state index contributed by atoms with van der Waals surface area (Å²) in [6.45, 7) is 5.93. The van der Waals surface area contributed by atoms with Crippen LogP contribution in [0.2, 0.25) is 0 Å². The van der Waals surface area contributed by atoms with Gasteiger partial charge in [-0.05, 0) is 92.2 Å². The van der Waals surface area contributed by atoms with Gasteiger partial charge in [-0.1, -0.05) is 19.1 Å². The number of amides is 2. The highest BCUT2D eigenvalue weighted by Gasteiger charge is 2.34. The minimum absolute atomic E-state index is 0.0169. The van der Waals surface area contributed by atoms with Gasteiger partial charge >= 0.3 is 0 Å². The van der Waals surface area contributed by atoms with Gasteiger partial charge in [0.05, 0.1) is 17.3 Å². The second kappa shape index (κ2) is 8.85. The van der Waals surface area contributed by atoms with Crippen LogP contribution in [0.15, 0.2) is 60.2 Å². The maximum atomic E-state index is 13.3. The van der Waals surface area contributed by atoms with Crippen LogP contribution in [-0.2, 0) is 16.0 Å². The highest BCUT2D eigenvalue weighted by molar-refractivity contribution is 7.80. The fourth-order valence-corrected chi connectivity index (χ4v) is 4.23. The molecule has 0 atom stereocenters. The third kappa shape index (κ3) is 4.09. The summed E-state index contributed by atoms with van der Waals surface area (Å²) in [6, 6.07) is 18.8. The molecule has 0 unspecified atom stereocenters. The first-order chi connectivity index (χ1) is 15.8. The molecule has 33 heavy (non-hydrogen) atoms. The average Bonchev–Trinajstić information content (AvgIpc) is 3.09. The van der Waals surface area contributed by atoms with Crippen LogP contribution in [-0.4, -0.2) is 21.5 Å². The van der Waals surface area contributed by atoms with Crippen molar-refractivity contribution in [3.05, 3.63) is 88.2 Å². The molecule has 1 fully saturated rings. The maximum Gasteiger partial charge on any atom is 0.270 e. The van der Waals surface area contributed by atoms with Crippen LogP contribution in [0, 0.1) is 25.2 Å². The van der Waals surface area contributed by atoms with Crippen LogP contribution >= 0.6 is 12.2 Å². The van der Waals surface area contributed by atoms with Crippen molar-refractivity contribution >= 4 is 40.9 Å². The summed E-state index contributed by atoms with van der Waals surface area (Å²) in [5.74, 6) is -0.981. The molecule has 2 amide bonds. The third-order valence-electron chi connectivity index (χ3n) is 5.73. The topological polar surface area (TPSA) is 78.1 Å². The summed E-state index contributed by atoms with van der Waals surface area (Å²) in [4.78, 5) is 27.4. The molecule has 0 aliphatic carbocycles. The lowest BCUT2D eigenvalue weighted by molar-refractivity contribution is -0.122. The van der Waals surface area contributed by atoms with Gasteiger partial charge in [-0.15, -0.1) is 0 Å². The van der Waals surface area contributed by atoms with Gasteiger partial charge in [0.2, 0.25) is 0 Å². The van der Waals surface area contributed by atoms with E-state index in [1.54, 1.807) is 18.2 Å². The second-order valence-corrected chi connectivity index (χ2v) is 8.19. The van der Waals surface area contributed by atoms with Crippen LogP contribution in [0.4, 0.5) is 5.69 Å². The lowest BCUT2D eigenvalue weighted by atomic mass is 10.1. The molecule has 0 saturated carbocycles. The van der Waals surface area contributed by atoms with Crippen molar-refractivity contribution in [3.8, 4) is 11.8 Å². The minimum atomic E-state index is -0.519. The van der Waals surface area contributed by atoms with Crippen molar-refractivity contribution in [2.75, 3.05) is 4.90 Å². The van der Waals surface area contributed by atoms with E-state index in [2.05, 4.69) is 18.3 Å². The van der Waals surface area contributed by atoms with Gasteiger partial charge in [0.1, 0.15) is 5.57 Å². The number of carbonyl (C=O) groups is 2. The Morgan fingerprint density at radius 3 is 2.27 bits per heavy atom. The van der Waals surface area contributed by atoms with Gasteiger partial charge in [-0.2, -0.15) is 5.26 Å². The summed E-state index contributed by atoms with van der Waals surface area (Å²) in [5, 5.41) is 11.7. The number of nitrogens with one attached hydrogen (secondary N) is 1. The van der Waals surface area contributed by atoms with Crippen molar-refractivity contribution in [1.82, 2.24) is 9.88 Å². The molecular weight excluding hydrogens is 432 g/mol. The quantitative estimate of drug-likeness (QED) is 0.361. The molecule has 2 heterocycles.